The molecule has 0 fully saturated rings. The molecule has 0 aliphatic heterocycles. The first-order chi connectivity index (χ1) is 15.8. The van der Waals surface area contributed by atoms with Gasteiger partial charge in [0.15, 0.2) is 0 Å². The fourth-order valence-electron chi connectivity index (χ4n) is 3.61. The molecule has 1 amide bonds. The van der Waals surface area contributed by atoms with Crippen molar-refractivity contribution < 1.29 is 14.5 Å². The third kappa shape index (κ3) is 4.03. The molecule has 33 heavy (non-hydrogen) atoms. The molecular formula is C24H20N4O5. The zero-order chi connectivity index (χ0) is 23.7. The van der Waals surface area contributed by atoms with Crippen LogP contribution in [0.2, 0.25) is 0 Å². The molecule has 4 aromatic rings. The predicted octanol–water partition coefficient (Wildman–Crippen LogP) is 4.17. The van der Waals surface area contributed by atoms with E-state index in [2.05, 4.69) is 10.3 Å². The summed E-state index contributed by atoms with van der Waals surface area (Å²) in [5, 5.41) is 14.4. The third-order valence-corrected chi connectivity index (χ3v) is 5.30. The summed E-state index contributed by atoms with van der Waals surface area (Å²) in [6.07, 6.45) is 0. The van der Waals surface area contributed by atoms with Crippen molar-refractivity contribution in [3.05, 3.63) is 98.1 Å². The highest BCUT2D eigenvalue weighted by atomic mass is 16.6. The number of amides is 1. The Bertz CT molecular complexity index is 1480. The van der Waals surface area contributed by atoms with Crippen LogP contribution in [0.5, 0.6) is 5.75 Å². The Morgan fingerprint density at radius 1 is 1.09 bits per heavy atom. The number of methoxy groups -OCH3 is 1. The van der Waals surface area contributed by atoms with Crippen LogP contribution in [0.1, 0.15) is 21.7 Å². The SMILES string of the molecule is COc1cc(-n2c(C)nc3ccccc3c2=O)ccc1NC(=O)c1ccc(C)c([N+](=O)[O-])c1. The van der Waals surface area contributed by atoms with E-state index in [4.69, 9.17) is 4.74 Å². The molecule has 1 N–H and O–H groups in total. The van der Waals surface area contributed by atoms with E-state index in [1.165, 1.54) is 29.9 Å². The minimum Gasteiger partial charge on any atom is -0.494 e. The standard InChI is InChI=1S/C24H20N4O5/c1-14-8-9-16(12-21(14)28(31)32)23(29)26-20-11-10-17(13-22(20)33-3)27-15(2)25-19-7-5-4-6-18(19)24(27)30/h4-13H,1-3H3,(H,26,29). The molecule has 0 atom stereocenters. The largest absolute Gasteiger partial charge is 0.494 e. The molecule has 9 nitrogen and oxygen atoms in total. The van der Waals surface area contributed by atoms with Crippen LogP contribution >= 0.6 is 0 Å². The summed E-state index contributed by atoms with van der Waals surface area (Å²) < 4.78 is 6.91. The number of para-hydroxylation sites is 1. The lowest BCUT2D eigenvalue weighted by Crippen LogP contribution is -2.22. The van der Waals surface area contributed by atoms with E-state index in [1.807, 2.05) is 6.07 Å². The van der Waals surface area contributed by atoms with E-state index in [1.54, 1.807) is 50.2 Å². The smallest absolute Gasteiger partial charge is 0.273 e. The maximum absolute atomic E-state index is 13.1. The molecule has 1 heterocycles. The number of hydrogen-bond donors (Lipinski definition) is 1. The average molecular weight is 444 g/mol. The summed E-state index contributed by atoms with van der Waals surface area (Å²) in [6, 6.07) is 16.3. The number of nitrogens with one attached hydrogen (secondary N) is 1. The summed E-state index contributed by atoms with van der Waals surface area (Å²) in [6.45, 7) is 3.34. The van der Waals surface area contributed by atoms with Crippen LogP contribution in [0.4, 0.5) is 11.4 Å². The predicted molar refractivity (Wildman–Crippen MR) is 124 cm³/mol. The Hall–Kier alpha value is -4.53. The number of nitrogens with zero attached hydrogens (tertiary/aromatic N) is 3. The van der Waals surface area contributed by atoms with Gasteiger partial charge in [-0.1, -0.05) is 18.2 Å². The highest BCUT2D eigenvalue weighted by molar-refractivity contribution is 6.05. The Morgan fingerprint density at radius 2 is 1.85 bits per heavy atom. The number of ether oxygens (including phenoxy) is 1. The monoisotopic (exact) mass is 444 g/mol. The fourth-order valence-corrected chi connectivity index (χ4v) is 3.61. The van der Waals surface area contributed by atoms with E-state index < -0.39 is 10.8 Å². The van der Waals surface area contributed by atoms with Crippen LogP contribution in [-0.4, -0.2) is 27.5 Å². The average Bonchev–Trinajstić information content (AvgIpc) is 2.79. The number of anilines is 1. The number of rotatable bonds is 5. The van der Waals surface area contributed by atoms with Gasteiger partial charge in [0.2, 0.25) is 0 Å². The summed E-state index contributed by atoms with van der Waals surface area (Å²) in [7, 11) is 1.44. The van der Waals surface area contributed by atoms with Gasteiger partial charge in [0, 0.05) is 23.3 Å². The van der Waals surface area contributed by atoms with E-state index in [0.29, 0.717) is 39.4 Å². The molecule has 0 aliphatic carbocycles. The van der Waals surface area contributed by atoms with Crippen molar-refractivity contribution in [3.63, 3.8) is 0 Å². The van der Waals surface area contributed by atoms with Gasteiger partial charge in [-0.2, -0.15) is 0 Å². The molecule has 166 valence electrons. The molecule has 0 unspecified atom stereocenters. The molecule has 0 saturated heterocycles. The summed E-state index contributed by atoms with van der Waals surface area (Å²) in [5.41, 5.74) is 1.74. The van der Waals surface area contributed by atoms with Gasteiger partial charge in [0.05, 0.1) is 34.3 Å². The van der Waals surface area contributed by atoms with E-state index in [-0.39, 0.29) is 16.8 Å². The van der Waals surface area contributed by atoms with Crippen LogP contribution in [0.25, 0.3) is 16.6 Å². The van der Waals surface area contributed by atoms with Gasteiger partial charge in [-0.3, -0.25) is 24.3 Å². The van der Waals surface area contributed by atoms with Crippen molar-refractivity contribution in [2.24, 2.45) is 0 Å². The summed E-state index contributed by atoms with van der Waals surface area (Å²) in [5.74, 6) is 0.302. The number of aromatic nitrogens is 2. The van der Waals surface area contributed by atoms with Gasteiger partial charge in [0.25, 0.3) is 17.2 Å². The number of fused-ring (bicyclic) bond motifs is 1. The first kappa shape index (κ1) is 21.7. The number of nitro benzene ring substituents is 1. The minimum atomic E-state index is -0.529. The Balaban J connectivity index is 1.71. The van der Waals surface area contributed by atoms with Gasteiger partial charge in [0.1, 0.15) is 11.6 Å². The normalized spacial score (nSPS) is 10.8. The number of hydrogen-bond acceptors (Lipinski definition) is 6. The number of carbonyl (C=O) groups excluding carboxylic acids is 1. The maximum atomic E-state index is 13.1. The quantitative estimate of drug-likeness (QED) is 0.365. The lowest BCUT2D eigenvalue weighted by atomic mass is 10.1. The van der Waals surface area contributed by atoms with Crippen molar-refractivity contribution in [3.8, 4) is 11.4 Å². The van der Waals surface area contributed by atoms with Gasteiger partial charge in [-0.05, 0) is 44.2 Å². The molecule has 0 spiro atoms. The summed E-state index contributed by atoms with van der Waals surface area (Å²) >= 11 is 0. The molecule has 0 radical (unpaired) electrons. The van der Waals surface area contributed by atoms with E-state index >= 15 is 0 Å². The van der Waals surface area contributed by atoms with Crippen LogP contribution in [0, 0.1) is 24.0 Å². The van der Waals surface area contributed by atoms with Gasteiger partial charge < -0.3 is 10.1 Å². The van der Waals surface area contributed by atoms with Crippen LogP contribution in [0.15, 0.2) is 65.5 Å². The second kappa shape index (κ2) is 8.54. The second-order valence-electron chi connectivity index (χ2n) is 7.41. The summed E-state index contributed by atoms with van der Waals surface area (Å²) in [4.78, 5) is 41.0. The Kier molecular flexibility index (Phi) is 5.61. The molecule has 0 aliphatic rings. The number of aryl methyl sites for hydroxylation is 2. The lowest BCUT2D eigenvalue weighted by Gasteiger charge is -2.15. The highest BCUT2D eigenvalue weighted by Crippen LogP contribution is 2.28. The molecular weight excluding hydrogens is 424 g/mol. The fraction of sp³-hybridized carbons (Fsp3) is 0.125. The zero-order valence-electron chi connectivity index (χ0n) is 18.2. The number of nitro groups is 1. The van der Waals surface area contributed by atoms with Crippen LogP contribution < -0.4 is 15.6 Å². The minimum absolute atomic E-state index is 0.136. The van der Waals surface area contributed by atoms with Crippen LogP contribution in [0.3, 0.4) is 0 Å². The molecule has 0 bridgehead atoms. The van der Waals surface area contributed by atoms with E-state index in [9.17, 15) is 19.7 Å². The zero-order valence-corrected chi connectivity index (χ0v) is 18.2. The maximum Gasteiger partial charge on any atom is 0.273 e. The second-order valence-corrected chi connectivity index (χ2v) is 7.41. The number of benzene rings is 3. The van der Waals surface area contributed by atoms with Crippen LogP contribution in [-0.2, 0) is 0 Å². The third-order valence-electron chi connectivity index (χ3n) is 5.30. The Morgan fingerprint density at radius 3 is 2.58 bits per heavy atom. The molecule has 3 aromatic carbocycles. The van der Waals surface area contributed by atoms with Crippen molar-refractivity contribution >= 4 is 28.2 Å². The van der Waals surface area contributed by atoms with Gasteiger partial charge in [-0.15, -0.1) is 0 Å². The van der Waals surface area contributed by atoms with Gasteiger partial charge in [-0.25, -0.2) is 4.98 Å². The first-order valence-corrected chi connectivity index (χ1v) is 10.0. The van der Waals surface area contributed by atoms with Crippen molar-refractivity contribution in [2.75, 3.05) is 12.4 Å². The highest BCUT2D eigenvalue weighted by Gasteiger charge is 2.17. The topological polar surface area (TPSA) is 116 Å². The number of carbonyl (C=O) groups is 1. The lowest BCUT2D eigenvalue weighted by molar-refractivity contribution is -0.385. The molecule has 9 heteroatoms. The van der Waals surface area contributed by atoms with E-state index in [0.717, 1.165) is 0 Å². The molecule has 0 saturated carbocycles. The Labute approximate surface area is 188 Å². The molecule has 1 aromatic heterocycles. The van der Waals surface area contributed by atoms with Crippen molar-refractivity contribution in [1.29, 1.82) is 0 Å². The van der Waals surface area contributed by atoms with Crippen molar-refractivity contribution in [2.45, 2.75) is 13.8 Å². The van der Waals surface area contributed by atoms with Crippen molar-refractivity contribution in [1.82, 2.24) is 9.55 Å². The first-order valence-electron chi connectivity index (χ1n) is 10.0. The molecule has 4 rings (SSSR count). The van der Waals surface area contributed by atoms with Gasteiger partial charge >= 0.3 is 0 Å².